The predicted molar refractivity (Wildman–Crippen MR) is 63.2 cm³/mol. The molecule has 1 aromatic rings. The van der Waals surface area contributed by atoms with Gasteiger partial charge in [-0.2, -0.15) is 0 Å². The molecule has 1 aliphatic heterocycles. The Balaban J connectivity index is 2.55. The summed E-state index contributed by atoms with van der Waals surface area (Å²) >= 11 is 5.56. The molecule has 0 atom stereocenters. The monoisotopic (exact) mass is 237 g/mol. The zero-order valence-corrected chi connectivity index (χ0v) is 9.73. The van der Waals surface area contributed by atoms with Crippen molar-refractivity contribution >= 4 is 29.0 Å². The molecule has 0 fully saturated rings. The van der Waals surface area contributed by atoms with Crippen molar-refractivity contribution in [3.8, 4) is 0 Å². The summed E-state index contributed by atoms with van der Waals surface area (Å²) in [5, 5.41) is 2.71. The SMILES string of the molecule is CCc1cc2c(c(C(=O)CCl)c1)NC(=O)C2. The average molecular weight is 238 g/mol. The van der Waals surface area contributed by atoms with Gasteiger partial charge in [-0.15, -0.1) is 11.6 Å². The molecule has 0 aromatic heterocycles. The predicted octanol–water partition coefficient (Wildman–Crippen LogP) is 2.17. The number of anilines is 1. The van der Waals surface area contributed by atoms with Crippen molar-refractivity contribution in [3.05, 3.63) is 28.8 Å². The number of hydrogen-bond donors (Lipinski definition) is 1. The van der Waals surface area contributed by atoms with Crippen molar-refractivity contribution in [2.45, 2.75) is 19.8 Å². The fourth-order valence-electron chi connectivity index (χ4n) is 1.91. The van der Waals surface area contributed by atoms with Crippen molar-refractivity contribution in [1.29, 1.82) is 0 Å². The Kier molecular flexibility index (Phi) is 2.97. The number of fused-ring (bicyclic) bond motifs is 1. The van der Waals surface area contributed by atoms with Gasteiger partial charge in [-0.3, -0.25) is 9.59 Å². The Morgan fingerprint density at radius 3 is 2.88 bits per heavy atom. The smallest absolute Gasteiger partial charge is 0.228 e. The summed E-state index contributed by atoms with van der Waals surface area (Å²) in [5.74, 6) is -0.266. The molecule has 16 heavy (non-hydrogen) atoms. The Bertz CT molecular complexity index is 468. The van der Waals surface area contributed by atoms with Crippen LogP contribution in [-0.4, -0.2) is 17.6 Å². The van der Waals surface area contributed by atoms with Crippen LogP contribution in [0.15, 0.2) is 12.1 Å². The van der Waals surface area contributed by atoms with Gasteiger partial charge in [0.25, 0.3) is 0 Å². The summed E-state index contributed by atoms with van der Waals surface area (Å²) in [4.78, 5) is 23.0. The second-order valence-electron chi connectivity index (χ2n) is 3.81. The van der Waals surface area contributed by atoms with E-state index in [1.165, 1.54) is 0 Å². The highest BCUT2D eigenvalue weighted by Gasteiger charge is 2.24. The molecule has 0 spiro atoms. The van der Waals surface area contributed by atoms with Crippen LogP contribution in [0.3, 0.4) is 0 Å². The Morgan fingerprint density at radius 2 is 2.25 bits per heavy atom. The molecular weight excluding hydrogens is 226 g/mol. The van der Waals surface area contributed by atoms with Crippen LogP contribution < -0.4 is 5.32 Å². The molecule has 1 aliphatic rings. The number of carbonyl (C=O) groups is 2. The van der Waals surface area contributed by atoms with Gasteiger partial charge in [0.1, 0.15) is 0 Å². The number of nitrogens with one attached hydrogen (secondary N) is 1. The van der Waals surface area contributed by atoms with Gasteiger partial charge >= 0.3 is 0 Å². The highest BCUT2D eigenvalue weighted by molar-refractivity contribution is 6.31. The van der Waals surface area contributed by atoms with Gasteiger partial charge in [-0.1, -0.05) is 13.0 Å². The van der Waals surface area contributed by atoms with Gasteiger partial charge in [0, 0.05) is 5.56 Å². The van der Waals surface area contributed by atoms with E-state index in [2.05, 4.69) is 5.32 Å². The van der Waals surface area contributed by atoms with Crippen LogP contribution in [0.1, 0.15) is 28.4 Å². The van der Waals surface area contributed by atoms with Crippen molar-refractivity contribution < 1.29 is 9.59 Å². The van der Waals surface area contributed by atoms with Gasteiger partial charge < -0.3 is 5.32 Å². The maximum Gasteiger partial charge on any atom is 0.228 e. The lowest BCUT2D eigenvalue weighted by atomic mass is 9.99. The number of rotatable bonds is 3. The summed E-state index contributed by atoms with van der Waals surface area (Å²) in [6.07, 6.45) is 1.19. The van der Waals surface area contributed by atoms with Gasteiger partial charge in [-0.25, -0.2) is 0 Å². The maximum absolute atomic E-state index is 11.7. The minimum absolute atomic E-state index is 0.0600. The first-order valence-corrected chi connectivity index (χ1v) is 5.74. The van der Waals surface area contributed by atoms with Crippen LogP contribution >= 0.6 is 11.6 Å². The van der Waals surface area contributed by atoms with Crippen LogP contribution in [0, 0.1) is 0 Å². The molecule has 1 amide bonds. The lowest BCUT2D eigenvalue weighted by molar-refractivity contribution is -0.115. The lowest BCUT2D eigenvalue weighted by Crippen LogP contribution is -2.08. The van der Waals surface area contributed by atoms with Gasteiger partial charge in [0.2, 0.25) is 5.91 Å². The average Bonchev–Trinajstić information content (AvgIpc) is 2.66. The molecular formula is C12H12ClNO2. The van der Waals surface area contributed by atoms with E-state index >= 15 is 0 Å². The lowest BCUT2D eigenvalue weighted by Gasteiger charge is -2.08. The third-order valence-corrected chi connectivity index (χ3v) is 2.97. The minimum Gasteiger partial charge on any atom is -0.325 e. The van der Waals surface area contributed by atoms with Crippen LogP contribution in [0.5, 0.6) is 0 Å². The largest absolute Gasteiger partial charge is 0.325 e. The molecule has 1 heterocycles. The van der Waals surface area contributed by atoms with Crippen LogP contribution in [0.25, 0.3) is 0 Å². The summed E-state index contributed by atoms with van der Waals surface area (Å²) < 4.78 is 0. The molecule has 2 rings (SSSR count). The summed E-state index contributed by atoms with van der Waals surface area (Å²) in [7, 11) is 0. The Morgan fingerprint density at radius 1 is 1.50 bits per heavy atom. The number of hydrogen-bond acceptors (Lipinski definition) is 2. The Labute approximate surface area is 98.8 Å². The van der Waals surface area contributed by atoms with E-state index in [9.17, 15) is 9.59 Å². The van der Waals surface area contributed by atoms with Crippen LogP contribution in [0.4, 0.5) is 5.69 Å². The second-order valence-corrected chi connectivity index (χ2v) is 4.08. The molecule has 1 N–H and O–H groups in total. The van der Waals surface area contributed by atoms with Gasteiger partial charge in [0.15, 0.2) is 5.78 Å². The summed E-state index contributed by atoms with van der Waals surface area (Å²) in [5.41, 5.74) is 3.14. The standard InChI is InChI=1S/C12H12ClNO2/c1-2-7-3-8-5-11(16)14-12(8)9(4-7)10(15)6-13/h3-4H,2,5-6H2,1H3,(H,14,16). The molecule has 1 aromatic carbocycles. The van der Waals surface area contributed by atoms with Crippen molar-refractivity contribution in [1.82, 2.24) is 0 Å². The second kappa shape index (κ2) is 4.26. The highest BCUT2D eigenvalue weighted by atomic mass is 35.5. The third-order valence-electron chi connectivity index (χ3n) is 2.73. The summed E-state index contributed by atoms with van der Waals surface area (Å²) in [6, 6.07) is 3.79. The van der Waals surface area contributed by atoms with E-state index in [0.29, 0.717) is 17.7 Å². The first-order valence-electron chi connectivity index (χ1n) is 5.20. The fourth-order valence-corrected chi connectivity index (χ4v) is 2.05. The molecule has 0 unspecified atom stereocenters. The number of carbonyl (C=O) groups excluding carboxylic acids is 2. The van der Waals surface area contributed by atoms with Gasteiger partial charge in [-0.05, 0) is 23.6 Å². The van der Waals surface area contributed by atoms with Crippen molar-refractivity contribution in [3.63, 3.8) is 0 Å². The molecule has 4 heteroatoms. The van der Waals surface area contributed by atoms with Crippen molar-refractivity contribution in [2.75, 3.05) is 11.2 Å². The van der Waals surface area contributed by atoms with E-state index in [1.807, 2.05) is 19.1 Å². The third kappa shape index (κ3) is 1.83. The zero-order chi connectivity index (χ0) is 11.7. The Hall–Kier alpha value is -1.35. The molecule has 0 radical (unpaired) electrons. The minimum atomic E-state index is -0.143. The molecule has 84 valence electrons. The van der Waals surface area contributed by atoms with Crippen LogP contribution in [0.2, 0.25) is 0 Å². The first kappa shape index (κ1) is 11.1. The van der Waals surface area contributed by atoms with Crippen LogP contribution in [-0.2, 0) is 17.6 Å². The molecule has 0 bridgehead atoms. The number of alkyl halides is 1. The molecule has 0 aliphatic carbocycles. The van der Waals surface area contributed by atoms with Gasteiger partial charge in [0.05, 0.1) is 18.0 Å². The number of benzene rings is 1. The normalized spacial score (nSPS) is 13.5. The van der Waals surface area contributed by atoms with Crippen molar-refractivity contribution in [2.24, 2.45) is 0 Å². The number of amides is 1. The van der Waals surface area contributed by atoms with E-state index < -0.39 is 0 Å². The van der Waals surface area contributed by atoms with E-state index in [0.717, 1.165) is 17.5 Å². The molecule has 3 nitrogen and oxygen atoms in total. The maximum atomic E-state index is 11.7. The number of halogens is 1. The number of ketones is 1. The number of aryl methyl sites for hydroxylation is 1. The fraction of sp³-hybridized carbons (Fsp3) is 0.333. The quantitative estimate of drug-likeness (QED) is 0.647. The topological polar surface area (TPSA) is 46.2 Å². The molecule has 0 saturated carbocycles. The highest BCUT2D eigenvalue weighted by Crippen LogP contribution is 2.29. The number of Topliss-reactive ketones (excluding diaryl/α,β-unsaturated/α-hetero) is 1. The first-order chi connectivity index (χ1) is 7.65. The van der Waals surface area contributed by atoms with E-state index in [1.54, 1.807) is 0 Å². The van der Waals surface area contributed by atoms with E-state index in [4.69, 9.17) is 11.6 Å². The zero-order valence-electron chi connectivity index (χ0n) is 8.97. The molecule has 0 saturated heterocycles. The van der Waals surface area contributed by atoms with E-state index in [-0.39, 0.29) is 17.6 Å². The summed E-state index contributed by atoms with van der Waals surface area (Å²) in [6.45, 7) is 2.01.